The van der Waals surface area contributed by atoms with Gasteiger partial charge in [0.25, 0.3) is 0 Å². The van der Waals surface area contributed by atoms with E-state index in [0.29, 0.717) is 5.69 Å². The van der Waals surface area contributed by atoms with Gasteiger partial charge in [-0.1, -0.05) is 51.1 Å². The van der Waals surface area contributed by atoms with Crippen molar-refractivity contribution in [2.45, 2.75) is 46.1 Å². The maximum Gasteiger partial charge on any atom is 0.146 e. The topological polar surface area (TPSA) is 12.0 Å². The van der Waals surface area contributed by atoms with Crippen LogP contribution in [0.3, 0.4) is 0 Å². The van der Waals surface area contributed by atoms with Crippen LogP contribution < -0.4 is 5.32 Å². The van der Waals surface area contributed by atoms with E-state index >= 15 is 0 Å². The summed E-state index contributed by atoms with van der Waals surface area (Å²) >= 11 is 0. The van der Waals surface area contributed by atoms with Crippen LogP contribution in [0, 0.1) is 12.7 Å². The van der Waals surface area contributed by atoms with Gasteiger partial charge in [0.15, 0.2) is 0 Å². The fourth-order valence-corrected chi connectivity index (χ4v) is 2.33. The first-order valence-corrected chi connectivity index (χ1v) is 7.40. The van der Waals surface area contributed by atoms with Crippen molar-refractivity contribution >= 4 is 5.69 Å². The summed E-state index contributed by atoms with van der Waals surface area (Å²) < 4.78 is 13.9. The second-order valence-electron chi connectivity index (χ2n) is 6.72. The van der Waals surface area contributed by atoms with Crippen LogP contribution in [-0.2, 0) is 5.41 Å². The van der Waals surface area contributed by atoms with Crippen LogP contribution in [0.1, 0.15) is 50.4 Å². The maximum absolute atomic E-state index is 13.9. The van der Waals surface area contributed by atoms with Crippen LogP contribution in [0.15, 0.2) is 42.5 Å². The van der Waals surface area contributed by atoms with Crippen molar-refractivity contribution in [3.05, 3.63) is 65.0 Å². The quantitative estimate of drug-likeness (QED) is 0.773. The van der Waals surface area contributed by atoms with Gasteiger partial charge in [0, 0.05) is 6.04 Å². The summed E-state index contributed by atoms with van der Waals surface area (Å²) in [6.07, 6.45) is 0. The van der Waals surface area contributed by atoms with E-state index in [2.05, 4.69) is 50.4 Å². The zero-order valence-electron chi connectivity index (χ0n) is 13.5. The van der Waals surface area contributed by atoms with Crippen molar-refractivity contribution in [3.8, 4) is 0 Å². The van der Waals surface area contributed by atoms with Gasteiger partial charge in [-0.2, -0.15) is 0 Å². The van der Waals surface area contributed by atoms with Crippen molar-refractivity contribution in [3.63, 3.8) is 0 Å². The SMILES string of the molecule is Cc1ccc(NC(C)c2ccc(C(C)(C)C)cc2)c(F)c1. The second kappa shape index (κ2) is 5.88. The summed E-state index contributed by atoms with van der Waals surface area (Å²) in [7, 11) is 0. The molecule has 1 N–H and O–H groups in total. The lowest BCUT2D eigenvalue weighted by Gasteiger charge is -2.21. The molecule has 1 unspecified atom stereocenters. The van der Waals surface area contributed by atoms with Crippen LogP contribution in [-0.4, -0.2) is 0 Å². The lowest BCUT2D eigenvalue weighted by Crippen LogP contribution is -2.12. The molecule has 2 rings (SSSR count). The largest absolute Gasteiger partial charge is 0.376 e. The minimum Gasteiger partial charge on any atom is -0.376 e. The summed E-state index contributed by atoms with van der Waals surface area (Å²) in [5.74, 6) is -0.201. The van der Waals surface area contributed by atoms with Gasteiger partial charge in [-0.05, 0) is 48.1 Å². The number of hydrogen-bond donors (Lipinski definition) is 1. The van der Waals surface area contributed by atoms with E-state index in [4.69, 9.17) is 0 Å². The van der Waals surface area contributed by atoms with E-state index in [0.717, 1.165) is 11.1 Å². The highest BCUT2D eigenvalue weighted by molar-refractivity contribution is 5.48. The minimum atomic E-state index is -0.201. The Morgan fingerprint density at radius 2 is 1.62 bits per heavy atom. The number of nitrogens with one attached hydrogen (secondary N) is 1. The summed E-state index contributed by atoms with van der Waals surface area (Å²) in [6.45, 7) is 10.5. The molecule has 112 valence electrons. The third-order valence-corrected chi connectivity index (χ3v) is 3.77. The van der Waals surface area contributed by atoms with Gasteiger partial charge in [0.1, 0.15) is 5.82 Å². The van der Waals surface area contributed by atoms with Crippen molar-refractivity contribution in [2.75, 3.05) is 5.32 Å². The van der Waals surface area contributed by atoms with Gasteiger partial charge >= 0.3 is 0 Å². The standard InChI is InChI=1S/C19H24FN/c1-13-6-11-18(17(20)12-13)21-14(2)15-7-9-16(10-8-15)19(3,4)5/h6-12,14,21H,1-5H3. The molecule has 1 nitrogen and oxygen atoms in total. The summed E-state index contributed by atoms with van der Waals surface area (Å²) in [5.41, 5.74) is 4.09. The molecular weight excluding hydrogens is 261 g/mol. The molecular formula is C19H24FN. The molecule has 2 aromatic carbocycles. The van der Waals surface area contributed by atoms with E-state index in [1.54, 1.807) is 12.1 Å². The molecule has 0 aromatic heterocycles. The summed E-state index contributed by atoms with van der Waals surface area (Å²) in [6, 6.07) is 13.9. The van der Waals surface area contributed by atoms with Crippen LogP contribution in [0.4, 0.5) is 10.1 Å². The van der Waals surface area contributed by atoms with Gasteiger partial charge in [-0.3, -0.25) is 0 Å². The van der Waals surface area contributed by atoms with E-state index < -0.39 is 0 Å². The molecule has 2 aromatic rings. The van der Waals surface area contributed by atoms with Crippen LogP contribution >= 0.6 is 0 Å². The van der Waals surface area contributed by atoms with E-state index in [-0.39, 0.29) is 17.3 Å². The number of aryl methyl sites for hydroxylation is 1. The summed E-state index contributed by atoms with van der Waals surface area (Å²) in [5, 5.41) is 3.24. The van der Waals surface area contributed by atoms with Gasteiger partial charge in [0.05, 0.1) is 5.69 Å². The molecule has 0 amide bonds. The Kier molecular flexibility index (Phi) is 4.36. The number of halogens is 1. The Hall–Kier alpha value is -1.83. The molecule has 0 fully saturated rings. The monoisotopic (exact) mass is 285 g/mol. The maximum atomic E-state index is 13.9. The number of rotatable bonds is 3. The third kappa shape index (κ3) is 3.84. The van der Waals surface area contributed by atoms with Gasteiger partial charge < -0.3 is 5.32 Å². The lowest BCUT2D eigenvalue weighted by molar-refractivity contribution is 0.589. The fraction of sp³-hybridized carbons (Fsp3) is 0.368. The zero-order valence-corrected chi connectivity index (χ0v) is 13.5. The Morgan fingerprint density at radius 3 is 2.14 bits per heavy atom. The number of benzene rings is 2. The number of hydrogen-bond acceptors (Lipinski definition) is 1. The molecule has 0 aliphatic rings. The Balaban J connectivity index is 2.15. The number of anilines is 1. The Labute approximate surface area is 127 Å². The normalized spacial score (nSPS) is 13.0. The molecule has 0 bridgehead atoms. The zero-order chi connectivity index (χ0) is 15.6. The summed E-state index contributed by atoms with van der Waals surface area (Å²) in [4.78, 5) is 0. The average Bonchev–Trinajstić information content (AvgIpc) is 2.41. The first-order chi connectivity index (χ1) is 9.77. The van der Waals surface area contributed by atoms with Crippen molar-refractivity contribution in [1.82, 2.24) is 0 Å². The van der Waals surface area contributed by atoms with Gasteiger partial charge in [-0.15, -0.1) is 0 Å². The molecule has 0 aliphatic carbocycles. The lowest BCUT2D eigenvalue weighted by atomic mass is 9.86. The molecule has 0 radical (unpaired) electrons. The highest BCUT2D eigenvalue weighted by Gasteiger charge is 2.14. The molecule has 2 heteroatoms. The van der Waals surface area contributed by atoms with E-state index in [1.807, 2.05) is 19.9 Å². The fourth-order valence-electron chi connectivity index (χ4n) is 2.33. The van der Waals surface area contributed by atoms with Gasteiger partial charge in [-0.25, -0.2) is 4.39 Å². The minimum absolute atomic E-state index is 0.0659. The molecule has 0 heterocycles. The van der Waals surface area contributed by atoms with Crippen LogP contribution in [0.2, 0.25) is 0 Å². The molecule has 1 atom stereocenters. The van der Waals surface area contributed by atoms with Crippen molar-refractivity contribution < 1.29 is 4.39 Å². The molecule has 0 aliphatic heterocycles. The van der Waals surface area contributed by atoms with E-state index in [1.165, 1.54) is 5.56 Å². The smallest absolute Gasteiger partial charge is 0.146 e. The molecule has 0 saturated heterocycles. The van der Waals surface area contributed by atoms with E-state index in [9.17, 15) is 4.39 Å². The third-order valence-electron chi connectivity index (χ3n) is 3.77. The first-order valence-electron chi connectivity index (χ1n) is 7.40. The van der Waals surface area contributed by atoms with Crippen molar-refractivity contribution in [2.24, 2.45) is 0 Å². The Morgan fingerprint density at radius 1 is 1.00 bits per heavy atom. The Bertz CT molecular complexity index is 608. The predicted molar refractivity (Wildman–Crippen MR) is 88.3 cm³/mol. The molecule has 0 spiro atoms. The van der Waals surface area contributed by atoms with Crippen molar-refractivity contribution in [1.29, 1.82) is 0 Å². The highest BCUT2D eigenvalue weighted by Crippen LogP contribution is 2.26. The second-order valence-corrected chi connectivity index (χ2v) is 6.72. The molecule has 0 saturated carbocycles. The van der Waals surface area contributed by atoms with Crippen LogP contribution in [0.5, 0.6) is 0 Å². The molecule has 21 heavy (non-hydrogen) atoms. The highest BCUT2D eigenvalue weighted by atomic mass is 19.1. The predicted octanol–water partition coefficient (Wildman–Crippen LogP) is 5.60. The average molecular weight is 285 g/mol. The first kappa shape index (κ1) is 15.6. The van der Waals surface area contributed by atoms with Crippen LogP contribution in [0.25, 0.3) is 0 Å². The van der Waals surface area contributed by atoms with Gasteiger partial charge in [0.2, 0.25) is 0 Å².